The van der Waals surface area contributed by atoms with Crippen molar-refractivity contribution < 1.29 is 14.3 Å². The number of benzene rings is 2. The molecule has 7 heteroatoms. The Morgan fingerprint density at radius 3 is 2.23 bits per heavy atom. The Morgan fingerprint density at radius 2 is 1.56 bits per heavy atom. The van der Waals surface area contributed by atoms with Crippen LogP contribution in [0.25, 0.3) is 0 Å². The highest BCUT2D eigenvalue weighted by Crippen LogP contribution is 2.57. The number of carbonyl (C=O) groups is 1. The van der Waals surface area contributed by atoms with Gasteiger partial charge in [0.15, 0.2) is 5.60 Å². The molecular formula is C32H40N4O3. The zero-order chi connectivity index (χ0) is 27.7. The molecule has 0 amide bonds. The Labute approximate surface area is 232 Å². The van der Waals surface area contributed by atoms with Gasteiger partial charge in [-0.25, -0.2) is 9.78 Å². The van der Waals surface area contributed by atoms with Crippen LogP contribution in [0.1, 0.15) is 91.7 Å². The predicted molar refractivity (Wildman–Crippen MR) is 155 cm³/mol. The highest BCUT2D eigenvalue weighted by molar-refractivity contribution is 5.97. The Balaban J connectivity index is 1.75. The molecule has 0 radical (unpaired) electrons. The number of carbonyl (C=O) groups excluding carboxylic acids is 1. The largest absolute Gasteiger partial charge is 0.440 e. The van der Waals surface area contributed by atoms with E-state index in [4.69, 9.17) is 19.4 Å². The van der Waals surface area contributed by atoms with Gasteiger partial charge >= 0.3 is 5.97 Å². The molecule has 1 unspecified atom stereocenters. The van der Waals surface area contributed by atoms with Gasteiger partial charge in [-0.3, -0.25) is 0 Å². The molecule has 3 aromatic rings. The van der Waals surface area contributed by atoms with Gasteiger partial charge < -0.3 is 19.3 Å². The average molecular weight is 529 g/mol. The minimum absolute atomic E-state index is 0.342. The number of fused-ring (bicyclic) bond motifs is 6. The van der Waals surface area contributed by atoms with Gasteiger partial charge in [0.05, 0.1) is 16.8 Å². The van der Waals surface area contributed by atoms with Crippen molar-refractivity contribution in [2.24, 2.45) is 0 Å². The van der Waals surface area contributed by atoms with Crippen molar-refractivity contribution in [3.05, 3.63) is 69.9 Å². The van der Waals surface area contributed by atoms with E-state index in [9.17, 15) is 4.79 Å². The smallest absolute Gasteiger partial charge is 0.340 e. The second-order valence-electron chi connectivity index (χ2n) is 10.5. The SMILES string of the molecule is CCCCN(CCCC)c1nc(C)c2c(n1)Oc1cc(N(CC)CC)c(C)cc1C21OC(=O)c2ccccc21. The van der Waals surface area contributed by atoms with Crippen molar-refractivity contribution in [1.82, 2.24) is 9.97 Å². The van der Waals surface area contributed by atoms with Gasteiger partial charge in [-0.05, 0) is 58.2 Å². The molecule has 0 N–H and O–H groups in total. The molecule has 0 bridgehead atoms. The second kappa shape index (κ2) is 10.9. The number of ether oxygens (including phenoxy) is 2. The third-order valence-corrected chi connectivity index (χ3v) is 8.00. The van der Waals surface area contributed by atoms with Crippen LogP contribution in [-0.4, -0.2) is 42.1 Å². The standard InChI is InChI=1S/C32H40N4O3/c1-7-11-17-36(18-12-8-2)31-33-22(6)28-29(34-31)38-27-20-26(35(9-3)10-4)21(5)19-25(27)32(28)24-16-14-13-15-23(24)30(37)39-32/h13-16,19-20H,7-12,17-18H2,1-6H3. The summed E-state index contributed by atoms with van der Waals surface area (Å²) < 4.78 is 13.0. The summed E-state index contributed by atoms with van der Waals surface area (Å²) in [5.41, 5.74) is 4.70. The summed E-state index contributed by atoms with van der Waals surface area (Å²) in [4.78, 5) is 27.9. The van der Waals surface area contributed by atoms with Gasteiger partial charge in [0.2, 0.25) is 11.8 Å². The van der Waals surface area contributed by atoms with Crippen LogP contribution in [0, 0.1) is 13.8 Å². The first-order valence-corrected chi connectivity index (χ1v) is 14.4. The van der Waals surface area contributed by atoms with Gasteiger partial charge in [-0.1, -0.05) is 44.9 Å². The lowest BCUT2D eigenvalue weighted by Gasteiger charge is -2.38. The molecule has 1 aromatic heterocycles. The van der Waals surface area contributed by atoms with Crippen LogP contribution in [0.15, 0.2) is 36.4 Å². The molecule has 0 aliphatic carbocycles. The number of hydrogen-bond acceptors (Lipinski definition) is 7. The summed E-state index contributed by atoms with van der Waals surface area (Å²) in [6.45, 7) is 16.3. The van der Waals surface area contributed by atoms with Gasteiger partial charge in [0.1, 0.15) is 5.75 Å². The molecule has 5 rings (SSSR count). The molecule has 0 fully saturated rings. The minimum atomic E-state index is -1.16. The number of aryl methyl sites for hydroxylation is 2. The van der Waals surface area contributed by atoms with Crippen LogP contribution in [0.5, 0.6) is 11.6 Å². The molecule has 206 valence electrons. The summed E-state index contributed by atoms with van der Waals surface area (Å²) in [6.07, 6.45) is 4.32. The molecule has 2 aliphatic rings. The first kappa shape index (κ1) is 27.0. The van der Waals surface area contributed by atoms with Crippen molar-refractivity contribution in [2.75, 3.05) is 36.0 Å². The molecule has 1 atom stereocenters. The van der Waals surface area contributed by atoms with Gasteiger partial charge in [-0.2, -0.15) is 4.98 Å². The van der Waals surface area contributed by atoms with Crippen molar-refractivity contribution in [3.63, 3.8) is 0 Å². The Kier molecular flexibility index (Phi) is 7.52. The molecule has 0 saturated carbocycles. The third kappa shape index (κ3) is 4.42. The highest BCUT2D eigenvalue weighted by atomic mass is 16.6. The molecule has 7 nitrogen and oxygen atoms in total. The van der Waals surface area contributed by atoms with Crippen LogP contribution in [0.4, 0.5) is 11.6 Å². The number of rotatable bonds is 10. The third-order valence-electron chi connectivity index (χ3n) is 8.00. The van der Waals surface area contributed by atoms with E-state index in [0.717, 1.165) is 79.9 Å². The zero-order valence-electron chi connectivity index (χ0n) is 24.1. The summed E-state index contributed by atoms with van der Waals surface area (Å²) in [5.74, 6) is 1.45. The van der Waals surface area contributed by atoms with E-state index < -0.39 is 5.60 Å². The van der Waals surface area contributed by atoms with Crippen molar-refractivity contribution in [3.8, 4) is 11.6 Å². The molecule has 1 spiro atoms. The van der Waals surface area contributed by atoms with E-state index in [2.05, 4.69) is 56.6 Å². The molecule has 2 aliphatic heterocycles. The van der Waals surface area contributed by atoms with Crippen LogP contribution in [0.3, 0.4) is 0 Å². The fourth-order valence-corrected chi connectivity index (χ4v) is 5.95. The monoisotopic (exact) mass is 528 g/mol. The Hall–Kier alpha value is -3.61. The maximum Gasteiger partial charge on any atom is 0.340 e. The summed E-state index contributed by atoms with van der Waals surface area (Å²) in [5, 5.41) is 0. The maximum atomic E-state index is 13.3. The predicted octanol–water partition coefficient (Wildman–Crippen LogP) is 6.91. The fourth-order valence-electron chi connectivity index (χ4n) is 5.95. The normalized spacial score (nSPS) is 16.8. The van der Waals surface area contributed by atoms with Crippen molar-refractivity contribution >= 4 is 17.6 Å². The lowest BCUT2D eigenvalue weighted by molar-refractivity contribution is 0.0218. The Morgan fingerprint density at radius 1 is 0.872 bits per heavy atom. The van der Waals surface area contributed by atoms with E-state index in [1.54, 1.807) is 0 Å². The highest BCUT2D eigenvalue weighted by Gasteiger charge is 2.55. The second-order valence-corrected chi connectivity index (χ2v) is 10.5. The van der Waals surface area contributed by atoms with Gasteiger partial charge in [0, 0.05) is 49.1 Å². The van der Waals surface area contributed by atoms with E-state index in [-0.39, 0.29) is 5.97 Å². The minimum Gasteiger partial charge on any atom is -0.440 e. The first-order chi connectivity index (χ1) is 18.9. The number of anilines is 2. The van der Waals surface area contributed by atoms with E-state index in [0.29, 0.717) is 28.7 Å². The Bertz CT molecular complexity index is 1380. The van der Waals surface area contributed by atoms with Crippen LogP contribution < -0.4 is 14.5 Å². The maximum absolute atomic E-state index is 13.3. The molecule has 0 saturated heterocycles. The molecule has 3 heterocycles. The fraction of sp³-hybridized carbons (Fsp3) is 0.469. The zero-order valence-corrected chi connectivity index (χ0v) is 24.1. The van der Waals surface area contributed by atoms with Crippen molar-refractivity contribution in [2.45, 2.75) is 72.8 Å². The van der Waals surface area contributed by atoms with E-state index in [1.807, 2.05) is 31.2 Å². The van der Waals surface area contributed by atoms with Gasteiger partial charge in [-0.15, -0.1) is 0 Å². The van der Waals surface area contributed by atoms with E-state index in [1.165, 1.54) is 0 Å². The van der Waals surface area contributed by atoms with Crippen molar-refractivity contribution in [1.29, 1.82) is 0 Å². The lowest BCUT2D eigenvalue weighted by atomic mass is 9.77. The number of esters is 1. The van der Waals surface area contributed by atoms with Crippen LogP contribution in [-0.2, 0) is 10.3 Å². The van der Waals surface area contributed by atoms with Crippen LogP contribution in [0.2, 0.25) is 0 Å². The summed E-state index contributed by atoms with van der Waals surface area (Å²) in [7, 11) is 0. The molecular weight excluding hydrogens is 488 g/mol. The topological polar surface area (TPSA) is 67.8 Å². The number of unbranched alkanes of at least 4 members (excludes halogenated alkanes) is 2. The van der Waals surface area contributed by atoms with Gasteiger partial charge in [0.25, 0.3) is 0 Å². The quantitative estimate of drug-likeness (QED) is 0.265. The number of nitrogens with zero attached hydrogens (tertiary/aromatic N) is 4. The average Bonchev–Trinajstić information content (AvgIpc) is 3.22. The summed E-state index contributed by atoms with van der Waals surface area (Å²) in [6, 6.07) is 11.8. The first-order valence-electron chi connectivity index (χ1n) is 14.4. The number of aromatic nitrogens is 2. The summed E-state index contributed by atoms with van der Waals surface area (Å²) >= 11 is 0. The van der Waals surface area contributed by atoms with Crippen LogP contribution >= 0.6 is 0 Å². The molecule has 2 aromatic carbocycles. The molecule has 39 heavy (non-hydrogen) atoms. The number of hydrogen-bond donors (Lipinski definition) is 0. The van der Waals surface area contributed by atoms with E-state index >= 15 is 0 Å². The lowest BCUT2D eigenvalue weighted by Crippen LogP contribution is -2.36.